The predicted molar refractivity (Wildman–Crippen MR) is 50.8 cm³/mol. The molecule has 0 unspecified atom stereocenters. The average molecular weight is 216 g/mol. The Morgan fingerprint density at radius 3 is 2.47 bits per heavy atom. The van der Waals surface area contributed by atoms with Crippen LogP contribution in [0.1, 0.15) is 19.8 Å². The Labute approximate surface area is 112 Å². The van der Waals surface area contributed by atoms with Gasteiger partial charge in [0.15, 0.2) is 0 Å². The molecule has 76 valence electrons. The van der Waals surface area contributed by atoms with E-state index < -0.39 is 12.1 Å². The normalized spacial score (nSPS) is 11.3. The number of carbonyl (C=O) groups excluding carboxylic acids is 1. The Kier molecular flexibility index (Phi) is 7.48. The molecule has 3 nitrogen and oxygen atoms in total. The van der Waals surface area contributed by atoms with E-state index in [2.05, 4.69) is 0 Å². The fraction of sp³-hybridized carbons (Fsp3) is 0.364. The maximum atomic E-state index is 10.7. The summed E-state index contributed by atoms with van der Waals surface area (Å²) in [6.45, 7) is 1.91. The Hall–Kier alpha value is -0.510. The van der Waals surface area contributed by atoms with Crippen LogP contribution >= 0.6 is 0 Å². The molecule has 0 radical (unpaired) electrons. The van der Waals surface area contributed by atoms with Crippen molar-refractivity contribution in [3.8, 4) is 5.75 Å². The minimum atomic E-state index is -1.16. The third-order valence-electron chi connectivity index (χ3n) is 1.84. The van der Waals surface area contributed by atoms with Gasteiger partial charge in [0.05, 0.1) is 5.97 Å². The molecule has 1 atom stereocenters. The third-order valence-corrected chi connectivity index (χ3v) is 1.84. The molecule has 0 fully saturated rings. The smallest absolute Gasteiger partial charge is 0.546 e. The van der Waals surface area contributed by atoms with Gasteiger partial charge in [0, 0.05) is 0 Å². The summed E-state index contributed by atoms with van der Waals surface area (Å²) in [6, 6.07) is 8.90. The van der Waals surface area contributed by atoms with Crippen LogP contribution in [-0.2, 0) is 4.79 Å². The van der Waals surface area contributed by atoms with Gasteiger partial charge in [-0.1, -0.05) is 31.5 Å². The van der Waals surface area contributed by atoms with Crippen molar-refractivity contribution in [2.75, 3.05) is 0 Å². The zero-order chi connectivity index (χ0) is 10.4. The van der Waals surface area contributed by atoms with Crippen LogP contribution in [0.15, 0.2) is 30.3 Å². The largest absolute Gasteiger partial charge is 1.00 e. The Morgan fingerprint density at radius 2 is 2.00 bits per heavy atom. The number of hydrogen-bond acceptors (Lipinski definition) is 3. The van der Waals surface area contributed by atoms with Gasteiger partial charge in [-0.15, -0.1) is 0 Å². The zero-order valence-electron chi connectivity index (χ0n) is 9.10. The van der Waals surface area contributed by atoms with Crippen molar-refractivity contribution in [2.45, 2.75) is 25.9 Å². The van der Waals surface area contributed by atoms with E-state index in [1.165, 1.54) is 0 Å². The van der Waals surface area contributed by atoms with Crippen LogP contribution < -0.4 is 39.4 Å². The van der Waals surface area contributed by atoms with Crippen LogP contribution in [0.4, 0.5) is 0 Å². The van der Waals surface area contributed by atoms with Crippen LogP contribution in [0.2, 0.25) is 0 Å². The van der Waals surface area contributed by atoms with Gasteiger partial charge in [-0.05, 0) is 18.6 Å². The number of rotatable bonds is 5. The van der Waals surface area contributed by atoms with Gasteiger partial charge in [-0.25, -0.2) is 0 Å². The molecule has 0 heterocycles. The average Bonchev–Trinajstić information content (AvgIpc) is 2.18. The van der Waals surface area contributed by atoms with Crippen LogP contribution in [0, 0.1) is 0 Å². The van der Waals surface area contributed by atoms with Gasteiger partial charge < -0.3 is 14.6 Å². The summed E-state index contributed by atoms with van der Waals surface area (Å²) in [4.78, 5) is 10.7. The quantitative estimate of drug-likeness (QED) is 0.534. The van der Waals surface area contributed by atoms with Crippen molar-refractivity contribution in [3.05, 3.63) is 30.3 Å². The first-order valence-corrected chi connectivity index (χ1v) is 4.66. The van der Waals surface area contributed by atoms with E-state index in [-0.39, 0.29) is 29.6 Å². The molecule has 1 rings (SSSR count). The molecule has 0 aliphatic carbocycles. The molecule has 0 saturated carbocycles. The molecule has 0 aliphatic rings. The summed E-state index contributed by atoms with van der Waals surface area (Å²) in [6.07, 6.45) is 0.380. The van der Waals surface area contributed by atoms with E-state index >= 15 is 0 Å². The van der Waals surface area contributed by atoms with E-state index in [1.54, 1.807) is 24.3 Å². The number of hydrogen-bond donors (Lipinski definition) is 0. The molecular weight excluding hydrogens is 203 g/mol. The van der Waals surface area contributed by atoms with Gasteiger partial charge in [0.1, 0.15) is 11.9 Å². The number of carboxylic acids is 1. The topological polar surface area (TPSA) is 49.4 Å². The van der Waals surface area contributed by atoms with Gasteiger partial charge in [-0.2, -0.15) is 0 Å². The first-order chi connectivity index (χ1) is 6.74. The minimum absolute atomic E-state index is 0. The SMILES string of the molecule is CCC[C@@H](Oc1ccccc1)C(=O)[O-].[Na+]. The molecule has 0 amide bonds. The monoisotopic (exact) mass is 216 g/mol. The van der Waals surface area contributed by atoms with Crippen molar-refractivity contribution in [1.82, 2.24) is 0 Å². The molecular formula is C11H13NaO3. The van der Waals surface area contributed by atoms with Crippen LogP contribution in [0.3, 0.4) is 0 Å². The summed E-state index contributed by atoms with van der Waals surface area (Å²) in [5, 5.41) is 10.7. The minimum Gasteiger partial charge on any atom is -0.546 e. The first kappa shape index (κ1) is 14.5. The maximum absolute atomic E-state index is 10.7. The fourth-order valence-corrected chi connectivity index (χ4v) is 1.15. The van der Waals surface area contributed by atoms with Crippen molar-refractivity contribution in [1.29, 1.82) is 0 Å². The zero-order valence-corrected chi connectivity index (χ0v) is 11.1. The summed E-state index contributed by atoms with van der Waals surface area (Å²) in [5.41, 5.74) is 0. The van der Waals surface area contributed by atoms with E-state index in [0.29, 0.717) is 12.2 Å². The molecule has 0 bridgehead atoms. The second-order valence-corrected chi connectivity index (χ2v) is 3.03. The Bertz CT molecular complexity index is 287. The number of ether oxygens (including phenoxy) is 1. The number of benzene rings is 1. The predicted octanol–water partition coefficient (Wildman–Crippen LogP) is -2.01. The second-order valence-electron chi connectivity index (χ2n) is 3.03. The van der Waals surface area contributed by atoms with Crippen LogP contribution in [0.25, 0.3) is 0 Å². The van der Waals surface area contributed by atoms with Crippen molar-refractivity contribution in [2.24, 2.45) is 0 Å². The van der Waals surface area contributed by atoms with E-state index in [0.717, 1.165) is 6.42 Å². The molecule has 4 heteroatoms. The molecule has 15 heavy (non-hydrogen) atoms. The second kappa shape index (κ2) is 7.74. The fourth-order valence-electron chi connectivity index (χ4n) is 1.15. The van der Waals surface area contributed by atoms with E-state index in [4.69, 9.17) is 4.74 Å². The number of carboxylic acid groups (broad SMARTS) is 1. The molecule has 0 aliphatic heterocycles. The van der Waals surface area contributed by atoms with Crippen LogP contribution in [-0.4, -0.2) is 12.1 Å². The maximum Gasteiger partial charge on any atom is 1.00 e. The number of aliphatic carboxylic acids is 1. The summed E-state index contributed by atoms with van der Waals surface area (Å²) in [7, 11) is 0. The number of para-hydroxylation sites is 1. The summed E-state index contributed by atoms with van der Waals surface area (Å²) in [5.74, 6) is -0.592. The molecule has 1 aromatic rings. The van der Waals surface area contributed by atoms with Crippen molar-refractivity contribution < 1.29 is 44.2 Å². The van der Waals surface area contributed by atoms with Crippen molar-refractivity contribution >= 4 is 5.97 Å². The van der Waals surface area contributed by atoms with Gasteiger partial charge in [0.25, 0.3) is 0 Å². The molecule has 1 aromatic carbocycles. The Balaban J connectivity index is 0.00000196. The van der Waals surface area contributed by atoms with Crippen LogP contribution in [0.5, 0.6) is 5.75 Å². The summed E-state index contributed by atoms with van der Waals surface area (Å²) >= 11 is 0. The van der Waals surface area contributed by atoms with E-state index in [1.807, 2.05) is 13.0 Å². The molecule has 0 spiro atoms. The first-order valence-electron chi connectivity index (χ1n) is 4.66. The van der Waals surface area contributed by atoms with Gasteiger partial charge in [0.2, 0.25) is 0 Å². The van der Waals surface area contributed by atoms with Gasteiger partial charge in [-0.3, -0.25) is 0 Å². The molecule has 0 saturated heterocycles. The standard InChI is InChI=1S/C11H14O3.Na/c1-2-6-10(11(12)13)14-9-7-4-3-5-8-9;/h3-5,7-8,10H,2,6H2,1H3,(H,12,13);/q;+1/p-1/t10-;/m1./s1. The van der Waals surface area contributed by atoms with Crippen molar-refractivity contribution in [3.63, 3.8) is 0 Å². The summed E-state index contributed by atoms with van der Waals surface area (Å²) < 4.78 is 5.25. The Morgan fingerprint density at radius 1 is 1.40 bits per heavy atom. The molecule has 0 aromatic heterocycles. The van der Waals surface area contributed by atoms with E-state index in [9.17, 15) is 9.90 Å². The number of carbonyl (C=O) groups is 1. The molecule has 0 N–H and O–H groups in total. The van der Waals surface area contributed by atoms with Gasteiger partial charge >= 0.3 is 29.6 Å². The third kappa shape index (κ3) is 5.21.